The average Bonchev–Trinajstić information content (AvgIpc) is 3.13. The summed E-state index contributed by atoms with van der Waals surface area (Å²) in [4.78, 5) is 28.7. The van der Waals surface area contributed by atoms with Gasteiger partial charge in [-0.2, -0.15) is 5.10 Å². The molecule has 2 aliphatic rings. The highest BCUT2D eigenvalue weighted by atomic mass is 35.5. The van der Waals surface area contributed by atoms with Crippen molar-refractivity contribution in [2.45, 2.75) is 19.4 Å². The summed E-state index contributed by atoms with van der Waals surface area (Å²) in [6.07, 6.45) is 0.882. The van der Waals surface area contributed by atoms with Crippen molar-refractivity contribution in [3.8, 4) is 0 Å². The second-order valence-electron chi connectivity index (χ2n) is 6.90. The quantitative estimate of drug-likeness (QED) is 0.799. The van der Waals surface area contributed by atoms with Crippen LogP contribution in [0.25, 0.3) is 0 Å². The van der Waals surface area contributed by atoms with Crippen LogP contribution in [0.5, 0.6) is 0 Å². The Kier molecular flexibility index (Phi) is 6.31. The van der Waals surface area contributed by atoms with Crippen LogP contribution in [-0.2, 0) is 24.2 Å². The number of fused-ring (bicyclic) bond motifs is 1. The molecular formula is C19H23ClFN5O2. The first-order chi connectivity index (χ1) is 13.1. The van der Waals surface area contributed by atoms with Crippen molar-refractivity contribution in [1.29, 1.82) is 0 Å². The molecular weight excluding hydrogens is 385 g/mol. The summed E-state index contributed by atoms with van der Waals surface area (Å²) in [6, 6.07) is 6.32. The first-order valence-electron chi connectivity index (χ1n) is 9.21. The first-order valence-corrected chi connectivity index (χ1v) is 9.21. The molecule has 0 aliphatic carbocycles. The molecule has 0 radical (unpaired) electrons. The van der Waals surface area contributed by atoms with Crippen LogP contribution in [0.4, 0.5) is 4.39 Å². The molecule has 150 valence electrons. The number of halogens is 2. The van der Waals surface area contributed by atoms with Crippen LogP contribution < -0.4 is 5.32 Å². The lowest BCUT2D eigenvalue weighted by Crippen LogP contribution is -2.51. The molecule has 0 saturated carbocycles. The molecule has 9 heteroatoms. The van der Waals surface area contributed by atoms with Gasteiger partial charge in [0.2, 0.25) is 5.91 Å². The summed E-state index contributed by atoms with van der Waals surface area (Å²) in [5, 5.41) is 10.4. The van der Waals surface area contributed by atoms with Crippen LogP contribution in [0.1, 0.15) is 27.3 Å². The minimum absolute atomic E-state index is 0. The van der Waals surface area contributed by atoms with E-state index in [1.807, 2.05) is 0 Å². The molecule has 2 aliphatic heterocycles. The molecule has 4 rings (SSSR count). The number of nitrogens with zero attached hydrogens (tertiary/aromatic N) is 3. The fraction of sp³-hybridized carbons (Fsp3) is 0.421. The minimum Gasteiger partial charge on any atom is -0.339 e. The van der Waals surface area contributed by atoms with Crippen molar-refractivity contribution >= 4 is 24.2 Å². The van der Waals surface area contributed by atoms with Gasteiger partial charge >= 0.3 is 0 Å². The van der Waals surface area contributed by atoms with Gasteiger partial charge in [-0.05, 0) is 11.6 Å². The SMILES string of the molecule is Cl.O=C(Cc1ccccc1F)N1CCN(C(=O)c2n[nH]c3c2CNCC3)CC1. The van der Waals surface area contributed by atoms with E-state index in [0.29, 0.717) is 44.0 Å². The van der Waals surface area contributed by atoms with Gasteiger partial charge < -0.3 is 15.1 Å². The van der Waals surface area contributed by atoms with Gasteiger partial charge in [-0.25, -0.2) is 4.39 Å². The molecule has 1 fully saturated rings. The smallest absolute Gasteiger partial charge is 0.274 e. The third kappa shape index (κ3) is 4.02. The zero-order valence-corrected chi connectivity index (χ0v) is 16.2. The van der Waals surface area contributed by atoms with E-state index in [4.69, 9.17) is 0 Å². The summed E-state index contributed by atoms with van der Waals surface area (Å²) >= 11 is 0. The molecule has 1 aromatic heterocycles. The summed E-state index contributed by atoms with van der Waals surface area (Å²) in [6.45, 7) is 3.33. The molecule has 0 bridgehead atoms. The van der Waals surface area contributed by atoms with Gasteiger partial charge in [0.05, 0.1) is 6.42 Å². The number of aromatic nitrogens is 2. The number of H-pyrrole nitrogens is 1. The molecule has 0 spiro atoms. The van der Waals surface area contributed by atoms with Crippen molar-refractivity contribution in [3.05, 3.63) is 52.6 Å². The predicted octanol–water partition coefficient (Wildman–Crippen LogP) is 1.14. The van der Waals surface area contributed by atoms with Gasteiger partial charge in [0, 0.05) is 56.9 Å². The maximum atomic E-state index is 13.7. The number of rotatable bonds is 3. The summed E-state index contributed by atoms with van der Waals surface area (Å²) in [7, 11) is 0. The number of amides is 2. The van der Waals surface area contributed by atoms with Crippen LogP contribution >= 0.6 is 12.4 Å². The molecule has 3 heterocycles. The minimum atomic E-state index is -0.364. The molecule has 0 atom stereocenters. The highest BCUT2D eigenvalue weighted by Crippen LogP contribution is 2.18. The second-order valence-corrected chi connectivity index (χ2v) is 6.90. The third-order valence-corrected chi connectivity index (χ3v) is 5.23. The Morgan fingerprint density at radius 1 is 1.11 bits per heavy atom. The Hall–Kier alpha value is -2.45. The van der Waals surface area contributed by atoms with Crippen molar-refractivity contribution in [3.63, 3.8) is 0 Å². The molecule has 1 saturated heterocycles. The maximum Gasteiger partial charge on any atom is 0.274 e. The van der Waals surface area contributed by atoms with Crippen molar-refractivity contribution < 1.29 is 14.0 Å². The predicted molar refractivity (Wildman–Crippen MR) is 104 cm³/mol. The van der Waals surface area contributed by atoms with E-state index >= 15 is 0 Å². The number of hydrogen-bond donors (Lipinski definition) is 2. The molecule has 1 aromatic carbocycles. The Balaban J connectivity index is 0.00000225. The van der Waals surface area contributed by atoms with E-state index < -0.39 is 0 Å². The zero-order valence-electron chi connectivity index (χ0n) is 15.4. The van der Waals surface area contributed by atoms with Crippen molar-refractivity contribution in [2.24, 2.45) is 0 Å². The van der Waals surface area contributed by atoms with Gasteiger partial charge in [-0.1, -0.05) is 18.2 Å². The topological polar surface area (TPSA) is 81.3 Å². The second kappa shape index (κ2) is 8.70. The van der Waals surface area contributed by atoms with Crippen LogP contribution in [0.2, 0.25) is 0 Å². The Bertz CT molecular complexity index is 864. The number of carbonyl (C=O) groups excluding carboxylic acids is 2. The van der Waals surface area contributed by atoms with Crippen molar-refractivity contribution in [2.75, 3.05) is 32.7 Å². The number of carbonyl (C=O) groups is 2. The van der Waals surface area contributed by atoms with E-state index in [2.05, 4.69) is 15.5 Å². The third-order valence-electron chi connectivity index (χ3n) is 5.23. The monoisotopic (exact) mass is 407 g/mol. The van der Waals surface area contributed by atoms with Gasteiger partial charge in [0.1, 0.15) is 5.82 Å². The lowest BCUT2D eigenvalue weighted by atomic mass is 10.1. The van der Waals surface area contributed by atoms with Crippen LogP contribution in [0.3, 0.4) is 0 Å². The molecule has 2 aromatic rings. The lowest BCUT2D eigenvalue weighted by Gasteiger charge is -2.34. The normalized spacial score (nSPS) is 16.3. The van der Waals surface area contributed by atoms with Crippen LogP contribution in [0.15, 0.2) is 24.3 Å². The van der Waals surface area contributed by atoms with Crippen molar-refractivity contribution in [1.82, 2.24) is 25.3 Å². The molecule has 2 amide bonds. The highest BCUT2D eigenvalue weighted by Gasteiger charge is 2.29. The molecule has 7 nitrogen and oxygen atoms in total. The highest BCUT2D eigenvalue weighted by molar-refractivity contribution is 5.94. The molecule has 2 N–H and O–H groups in total. The largest absolute Gasteiger partial charge is 0.339 e. The Morgan fingerprint density at radius 2 is 1.82 bits per heavy atom. The number of nitrogens with one attached hydrogen (secondary N) is 2. The van der Waals surface area contributed by atoms with Gasteiger partial charge in [-0.15, -0.1) is 12.4 Å². The van der Waals surface area contributed by atoms with Gasteiger partial charge in [0.15, 0.2) is 5.69 Å². The number of piperazine rings is 1. The Morgan fingerprint density at radius 3 is 2.57 bits per heavy atom. The average molecular weight is 408 g/mol. The number of benzene rings is 1. The molecule has 0 unspecified atom stereocenters. The molecule has 28 heavy (non-hydrogen) atoms. The lowest BCUT2D eigenvalue weighted by molar-refractivity contribution is -0.132. The van der Waals surface area contributed by atoms with E-state index in [-0.39, 0.29) is 36.5 Å². The summed E-state index contributed by atoms with van der Waals surface area (Å²) in [5.74, 6) is -0.581. The fourth-order valence-corrected chi connectivity index (χ4v) is 3.63. The summed E-state index contributed by atoms with van der Waals surface area (Å²) < 4.78 is 13.7. The fourth-order valence-electron chi connectivity index (χ4n) is 3.63. The Labute approximate surface area is 168 Å². The first kappa shape index (κ1) is 20.3. The number of aromatic amines is 1. The van der Waals surface area contributed by atoms with Crippen LogP contribution in [-0.4, -0.2) is 64.5 Å². The van der Waals surface area contributed by atoms with Crippen LogP contribution in [0, 0.1) is 5.82 Å². The van der Waals surface area contributed by atoms with E-state index in [9.17, 15) is 14.0 Å². The van der Waals surface area contributed by atoms with E-state index in [0.717, 1.165) is 24.2 Å². The van der Waals surface area contributed by atoms with Gasteiger partial charge in [-0.3, -0.25) is 14.7 Å². The zero-order chi connectivity index (χ0) is 18.8. The maximum absolute atomic E-state index is 13.7. The van der Waals surface area contributed by atoms with Gasteiger partial charge in [0.25, 0.3) is 5.91 Å². The standard InChI is InChI=1S/C19H22FN5O2.ClH/c20-15-4-2-1-3-13(15)11-17(26)24-7-9-25(10-8-24)19(27)18-14-12-21-6-5-16(14)22-23-18;/h1-4,21H,5-12H2,(H,22,23);1H. The van der Waals surface area contributed by atoms with E-state index in [1.165, 1.54) is 6.07 Å². The summed E-state index contributed by atoms with van der Waals surface area (Å²) in [5.41, 5.74) is 2.85. The number of hydrogen-bond acceptors (Lipinski definition) is 4. The van der Waals surface area contributed by atoms with E-state index in [1.54, 1.807) is 28.0 Å².